The monoisotopic (exact) mass is 499 g/mol. The molecule has 0 saturated heterocycles. The Kier molecular flexibility index (Phi) is 9.63. The van der Waals surface area contributed by atoms with E-state index in [2.05, 4.69) is 11.7 Å². The molecule has 2 aromatic carbocycles. The second-order valence-electron chi connectivity index (χ2n) is 7.82. The van der Waals surface area contributed by atoms with E-state index in [-0.39, 0.29) is 24.6 Å². The fraction of sp³-hybridized carbons (Fsp3) is 0.308. The number of para-hydroxylation sites is 1. The van der Waals surface area contributed by atoms with Crippen molar-refractivity contribution in [1.29, 1.82) is 0 Å². The highest BCUT2D eigenvalue weighted by Crippen LogP contribution is 2.40. The summed E-state index contributed by atoms with van der Waals surface area (Å²) in [5.74, 6) is 0.0783. The summed E-state index contributed by atoms with van der Waals surface area (Å²) in [4.78, 5) is 25.2. The van der Waals surface area contributed by atoms with Gasteiger partial charge >= 0.3 is 11.9 Å². The molecule has 0 bridgehead atoms. The largest absolute Gasteiger partial charge is 0.462 e. The van der Waals surface area contributed by atoms with Crippen LogP contribution < -0.4 is 9.61 Å². The summed E-state index contributed by atoms with van der Waals surface area (Å²) >= 11 is 1.40. The summed E-state index contributed by atoms with van der Waals surface area (Å²) in [6.07, 6.45) is 2.75. The normalized spacial score (nSPS) is 13.6. The SMILES string of the molecule is C=CCOC(=O)c1cc2cc(CP(NC(C)C(=O)OC(C)CC)Oc3ccccc3)ccc2s1. The van der Waals surface area contributed by atoms with Gasteiger partial charge in [0, 0.05) is 10.9 Å². The molecular formula is C26H30NO5PS. The van der Waals surface area contributed by atoms with Crippen molar-refractivity contribution in [3.8, 4) is 5.75 Å². The second-order valence-corrected chi connectivity index (χ2v) is 10.4. The van der Waals surface area contributed by atoms with Gasteiger partial charge in [-0.05, 0) is 61.5 Å². The Morgan fingerprint density at radius 1 is 1.15 bits per heavy atom. The summed E-state index contributed by atoms with van der Waals surface area (Å²) in [6, 6.07) is 16.9. The highest BCUT2D eigenvalue weighted by Gasteiger charge is 2.23. The minimum Gasteiger partial charge on any atom is -0.462 e. The summed E-state index contributed by atoms with van der Waals surface area (Å²) in [7, 11) is -1.23. The van der Waals surface area contributed by atoms with Crippen molar-refractivity contribution in [2.75, 3.05) is 6.61 Å². The third-order valence-corrected chi connectivity index (χ3v) is 7.84. The predicted octanol–water partition coefficient (Wildman–Crippen LogP) is 6.45. The van der Waals surface area contributed by atoms with Gasteiger partial charge in [-0.25, -0.2) is 4.79 Å². The number of hydrogen-bond acceptors (Lipinski definition) is 7. The van der Waals surface area contributed by atoms with Crippen LogP contribution in [0, 0.1) is 0 Å². The van der Waals surface area contributed by atoms with Crippen LogP contribution in [0.3, 0.4) is 0 Å². The summed E-state index contributed by atoms with van der Waals surface area (Å²) < 4.78 is 17.9. The van der Waals surface area contributed by atoms with E-state index in [1.165, 1.54) is 11.3 Å². The number of rotatable bonds is 12. The smallest absolute Gasteiger partial charge is 0.348 e. The van der Waals surface area contributed by atoms with E-state index in [1.54, 1.807) is 13.0 Å². The Morgan fingerprint density at radius 3 is 2.62 bits per heavy atom. The molecule has 0 radical (unpaired) electrons. The maximum Gasteiger partial charge on any atom is 0.348 e. The van der Waals surface area contributed by atoms with Gasteiger partial charge in [0.15, 0.2) is 8.30 Å². The van der Waals surface area contributed by atoms with Gasteiger partial charge in [-0.1, -0.05) is 43.8 Å². The number of hydrogen-bond donors (Lipinski definition) is 1. The average molecular weight is 500 g/mol. The fourth-order valence-corrected chi connectivity index (χ4v) is 5.62. The molecule has 1 aromatic heterocycles. The topological polar surface area (TPSA) is 73.9 Å². The highest BCUT2D eigenvalue weighted by atomic mass is 32.1. The first kappa shape index (κ1) is 25.9. The molecule has 0 aliphatic carbocycles. The van der Waals surface area contributed by atoms with Crippen molar-refractivity contribution in [3.63, 3.8) is 0 Å². The van der Waals surface area contributed by atoms with Crippen LogP contribution >= 0.6 is 19.6 Å². The predicted molar refractivity (Wildman–Crippen MR) is 138 cm³/mol. The van der Waals surface area contributed by atoms with E-state index in [0.29, 0.717) is 11.0 Å². The maximum absolute atomic E-state index is 12.5. The van der Waals surface area contributed by atoms with E-state index in [9.17, 15) is 9.59 Å². The molecule has 0 spiro atoms. The molecule has 34 heavy (non-hydrogen) atoms. The standard InChI is InChI=1S/C26H30NO5PS/c1-5-14-30-26(29)24-16-21-15-20(12-13-23(21)34-24)17-33(32-22-10-8-7-9-11-22)27-19(4)25(28)31-18(3)6-2/h5,7-13,15-16,18-19,27H,1,6,14,17H2,2-4H3. The first-order chi connectivity index (χ1) is 16.4. The van der Waals surface area contributed by atoms with Gasteiger partial charge in [0.2, 0.25) is 0 Å². The van der Waals surface area contributed by atoms with E-state index >= 15 is 0 Å². The van der Waals surface area contributed by atoms with Crippen molar-refractivity contribution in [2.24, 2.45) is 0 Å². The average Bonchev–Trinajstić information content (AvgIpc) is 3.26. The van der Waals surface area contributed by atoms with Crippen LogP contribution in [-0.2, 0) is 20.4 Å². The summed E-state index contributed by atoms with van der Waals surface area (Å²) in [6.45, 7) is 9.40. The van der Waals surface area contributed by atoms with Crippen LogP contribution in [-0.4, -0.2) is 30.7 Å². The molecule has 180 valence electrons. The number of benzene rings is 2. The minimum absolute atomic E-state index is 0.133. The number of fused-ring (bicyclic) bond motifs is 1. The molecule has 3 rings (SSSR count). The van der Waals surface area contributed by atoms with Gasteiger partial charge in [0.1, 0.15) is 23.3 Å². The molecule has 1 heterocycles. The summed E-state index contributed by atoms with van der Waals surface area (Å²) in [5, 5.41) is 4.29. The quantitative estimate of drug-likeness (QED) is 0.175. The Labute approximate surface area is 205 Å². The lowest BCUT2D eigenvalue weighted by atomic mass is 10.2. The Morgan fingerprint density at radius 2 is 1.91 bits per heavy atom. The molecular weight excluding hydrogens is 469 g/mol. The van der Waals surface area contributed by atoms with Crippen LogP contribution in [0.2, 0.25) is 0 Å². The zero-order valence-corrected chi connectivity index (χ0v) is 21.4. The number of esters is 2. The molecule has 0 saturated carbocycles. The number of carbonyl (C=O) groups excluding carboxylic acids is 2. The lowest BCUT2D eigenvalue weighted by Gasteiger charge is -2.24. The fourth-order valence-electron chi connectivity index (χ4n) is 3.03. The molecule has 3 unspecified atom stereocenters. The lowest BCUT2D eigenvalue weighted by molar-refractivity contribution is -0.149. The van der Waals surface area contributed by atoms with Crippen molar-refractivity contribution in [2.45, 2.75) is 45.5 Å². The van der Waals surface area contributed by atoms with Crippen LogP contribution in [0.25, 0.3) is 10.1 Å². The molecule has 0 fully saturated rings. The number of thiophene rings is 1. The first-order valence-electron chi connectivity index (χ1n) is 11.2. The molecule has 3 atom stereocenters. The Bertz CT molecular complexity index is 1120. The Hall–Kier alpha value is -2.73. The van der Waals surface area contributed by atoms with Crippen LogP contribution in [0.4, 0.5) is 0 Å². The van der Waals surface area contributed by atoms with Crippen molar-refractivity contribution >= 4 is 41.7 Å². The number of ether oxygens (including phenoxy) is 2. The third kappa shape index (κ3) is 7.39. The zero-order valence-electron chi connectivity index (χ0n) is 19.7. The van der Waals surface area contributed by atoms with Gasteiger partial charge in [0.05, 0.1) is 6.10 Å². The second kappa shape index (κ2) is 12.7. The number of carbonyl (C=O) groups is 2. The van der Waals surface area contributed by atoms with Crippen molar-refractivity contribution in [1.82, 2.24) is 5.09 Å². The third-order valence-electron chi connectivity index (χ3n) is 4.98. The van der Waals surface area contributed by atoms with Gasteiger partial charge < -0.3 is 14.0 Å². The van der Waals surface area contributed by atoms with Crippen LogP contribution in [0.1, 0.15) is 42.4 Å². The van der Waals surface area contributed by atoms with Gasteiger partial charge in [0.25, 0.3) is 0 Å². The first-order valence-corrected chi connectivity index (χ1v) is 13.4. The highest BCUT2D eigenvalue weighted by molar-refractivity contribution is 7.50. The van der Waals surface area contributed by atoms with Crippen LogP contribution in [0.5, 0.6) is 5.75 Å². The molecule has 6 nitrogen and oxygen atoms in total. The van der Waals surface area contributed by atoms with E-state index in [1.807, 2.05) is 68.4 Å². The van der Waals surface area contributed by atoms with Gasteiger partial charge in [-0.3, -0.25) is 9.88 Å². The van der Waals surface area contributed by atoms with Crippen LogP contribution in [0.15, 0.2) is 67.3 Å². The number of nitrogens with one attached hydrogen (secondary N) is 1. The molecule has 0 aliphatic heterocycles. The maximum atomic E-state index is 12.5. The van der Waals surface area contributed by atoms with Gasteiger partial charge in [-0.15, -0.1) is 11.3 Å². The molecule has 8 heteroatoms. The van der Waals surface area contributed by atoms with E-state index < -0.39 is 14.3 Å². The van der Waals surface area contributed by atoms with Crippen molar-refractivity contribution in [3.05, 3.63) is 77.7 Å². The zero-order chi connectivity index (χ0) is 24.5. The minimum atomic E-state index is -1.23. The molecule has 0 amide bonds. The van der Waals surface area contributed by atoms with Crippen molar-refractivity contribution < 1.29 is 23.6 Å². The molecule has 0 aliphatic rings. The van der Waals surface area contributed by atoms with Gasteiger partial charge in [-0.2, -0.15) is 0 Å². The molecule has 1 N–H and O–H groups in total. The van der Waals surface area contributed by atoms with E-state index in [4.69, 9.17) is 14.0 Å². The Balaban J connectivity index is 1.76. The van der Waals surface area contributed by atoms with E-state index in [0.717, 1.165) is 27.8 Å². The summed E-state index contributed by atoms with van der Waals surface area (Å²) in [5.41, 5.74) is 1.04. The molecule has 3 aromatic rings. The lowest BCUT2D eigenvalue weighted by Crippen LogP contribution is -2.35.